The van der Waals surface area contributed by atoms with Crippen LogP contribution in [0.2, 0.25) is 5.02 Å². The highest BCUT2D eigenvalue weighted by molar-refractivity contribution is 6.40. The Kier molecular flexibility index (Phi) is 3.60. The second-order valence-electron chi connectivity index (χ2n) is 7.62. The summed E-state index contributed by atoms with van der Waals surface area (Å²) in [6, 6.07) is 6.83. The molecule has 0 saturated heterocycles. The van der Waals surface area contributed by atoms with E-state index in [1.54, 1.807) is 24.3 Å². The summed E-state index contributed by atoms with van der Waals surface area (Å²) in [5.74, 6) is 1.07. The lowest BCUT2D eigenvalue weighted by Gasteiger charge is -2.56. The fourth-order valence-electron chi connectivity index (χ4n) is 5.32. The first-order chi connectivity index (χ1) is 11.0. The standard InChI is InChI=1S/C18H21ClN2O2/c19-14-2-1-3-15(7-14)20-16(22)17(23)21-18-8-11-4-12(9-18)6-13(5-11)10-18/h1-3,7,11-13H,4-6,8-10H2,(H,20,22)(H,21,23). The molecular formula is C18H21ClN2O2. The van der Waals surface area contributed by atoms with Crippen LogP contribution in [-0.2, 0) is 9.59 Å². The SMILES string of the molecule is O=C(Nc1cccc(Cl)c1)C(=O)NC12CC3CC(CC(C3)C1)C2. The van der Waals surface area contributed by atoms with Crippen LogP contribution in [0, 0.1) is 17.8 Å². The number of nitrogens with one attached hydrogen (secondary N) is 2. The number of amides is 2. The van der Waals surface area contributed by atoms with E-state index in [1.165, 1.54) is 19.3 Å². The number of benzene rings is 1. The maximum atomic E-state index is 12.4. The van der Waals surface area contributed by atoms with Crippen LogP contribution in [0.3, 0.4) is 0 Å². The van der Waals surface area contributed by atoms with Gasteiger partial charge in [0, 0.05) is 16.2 Å². The van der Waals surface area contributed by atoms with Gasteiger partial charge in [0.05, 0.1) is 0 Å². The Morgan fingerprint density at radius 3 is 2.17 bits per heavy atom. The van der Waals surface area contributed by atoms with E-state index < -0.39 is 11.8 Å². The molecule has 1 aromatic carbocycles. The molecule has 2 N–H and O–H groups in total. The molecule has 0 unspecified atom stereocenters. The quantitative estimate of drug-likeness (QED) is 0.816. The Balaban J connectivity index is 1.42. The van der Waals surface area contributed by atoms with Gasteiger partial charge in [-0.25, -0.2) is 0 Å². The normalized spacial score (nSPS) is 34.2. The highest BCUT2D eigenvalue weighted by Crippen LogP contribution is 2.55. The minimum Gasteiger partial charge on any atom is -0.342 e. The van der Waals surface area contributed by atoms with Crippen molar-refractivity contribution in [3.05, 3.63) is 29.3 Å². The summed E-state index contributed by atoms with van der Waals surface area (Å²) < 4.78 is 0. The molecule has 0 atom stereocenters. The van der Waals surface area contributed by atoms with E-state index in [0.717, 1.165) is 37.0 Å². The summed E-state index contributed by atoms with van der Waals surface area (Å²) in [6.45, 7) is 0. The van der Waals surface area contributed by atoms with Crippen molar-refractivity contribution in [3.63, 3.8) is 0 Å². The first-order valence-corrected chi connectivity index (χ1v) is 8.78. The average Bonchev–Trinajstić information content (AvgIpc) is 2.45. The zero-order chi connectivity index (χ0) is 16.0. The second kappa shape index (κ2) is 5.52. The van der Waals surface area contributed by atoms with Gasteiger partial charge < -0.3 is 10.6 Å². The molecule has 23 heavy (non-hydrogen) atoms. The number of carbonyl (C=O) groups excluding carboxylic acids is 2. The smallest absolute Gasteiger partial charge is 0.313 e. The molecule has 122 valence electrons. The molecule has 0 aromatic heterocycles. The molecular weight excluding hydrogens is 312 g/mol. The topological polar surface area (TPSA) is 58.2 Å². The Hall–Kier alpha value is -1.55. The molecule has 4 aliphatic carbocycles. The second-order valence-corrected chi connectivity index (χ2v) is 8.05. The van der Waals surface area contributed by atoms with Gasteiger partial charge in [0.1, 0.15) is 0 Å². The summed E-state index contributed by atoms with van der Waals surface area (Å²) in [7, 11) is 0. The number of hydrogen-bond donors (Lipinski definition) is 2. The molecule has 5 rings (SSSR count). The maximum Gasteiger partial charge on any atom is 0.313 e. The van der Waals surface area contributed by atoms with Crippen LogP contribution in [0.1, 0.15) is 38.5 Å². The van der Waals surface area contributed by atoms with Gasteiger partial charge in [-0.1, -0.05) is 17.7 Å². The van der Waals surface area contributed by atoms with E-state index in [2.05, 4.69) is 10.6 Å². The summed E-state index contributed by atoms with van der Waals surface area (Å²) in [6.07, 6.45) is 7.04. The molecule has 1 aromatic rings. The Labute approximate surface area is 141 Å². The van der Waals surface area contributed by atoms with Crippen molar-refractivity contribution < 1.29 is 9.59 Å². The Morgan fingerprint density at radius 2 is 1.61 bits per heavy atom. The van der Waals surface area contributed by atoms with Crippen molar-refractivity contribution in [1.82, 2.24) is 5.32 Å². The van der Waals surface area contributed by atoms with Crippen molar-refractivity contribution >= 4 is 29.1 Å². The van der Waals surface area contributed by atoms with Gasteiger partial charge in [-0.3, -0.25) is 9.59 Å². The van der Waals surface area contributed by atoms with Gasteiger partial charge >= 0.3 is 11.8 Å². The molecule has 0 radical (unpaired) electrons. The molecule has 4 saturated carbocycles. The van der Waals surface area contributed by atoms with Crippen LogP contribution in [-0.4, -0.2) is 17.4 Å². The van der Waals surface area contributed by atoms with Gasteiger partial charge in [0.2, 0.25) is 0 Å². The molecule has 2 amide bonds. The van der Waals surface area contributed by atoms with Gasteiger partial charge in [-0.2, -0.15) is 0 Å². The molecule has 4 aliphatic rings. The van der Waals surface area contributed by atoms with Crippen molar-refractivity contribution in [3.8, 4) is 0 Å². The Bertz CT molecular complexity index is 623. The highest BCUT2D eigenvalue weighted by Gasteiger charge is 2.51. The van der Waals surface area contributed by atoms with E-state index >= 15 is 0 Å². The van der Waals surface area contributed by atoms with Crippen molar-refractivity contribution in [2.75, 3.05) is 5.32 Å². The third kappa shape index (κ3) is 2.97. The minimum atomic E-state index is -0.608. The van der Waals surface area contributed by atoms with Gasteiger partial charge in [0.25, 0.3) is 0 Å². The third-order valence-corrected chi connectivity index (χ3v) is 5.94. The van der Waals surface area contributed by atoms with E-state index in [1.807, 2.05) is 0 Å². The summed E-state index contributed by atoms with van der Waals surface area (Å²) in [5, 5.41) is 6.24. The molecule has 4 fully saturated rings. The minimum absolute atomic E-state index is 0.141. The predicted molar refractivity (Wildman–Crippen MR) is 89.1 cm³/mol. The fourth-order valence-corrected chi connectivity index (χ4v) is 5.51. The van der Waals surface area contributed by atoms with Crippen LogP contribution in [0.25, 0.3) is 0 Å². The number of hydrogen-bond acceptors (Lipinski definition) is 2. The molecule has 5 heteroatoms. The number of anilines is 1. The molecule has 0 aliphatic heterocycles. The monoisotopic (exact) mass is 332 g/mol. The van der Waals surface area contributed by atoms with Crippen LogP contribution >= 0.6 is 11.6 Å². The number of rotatable bonds is 2. The molecule has 0 spiro atoms. The van der Waals surface area contributed by atoms with Crippen LogP contribution in [0.5, 0.6) is 0 Å². The average molecular weight is 333 g/mol. The lowest BCUT2D eigenvalue weighted by atomic mass is 9.53. The highest BCUT2D eigenvalue weighted by atomic mass is 35.5. The van der Waals surface area contributed by atoms with Crippen molar-refractivity contribution in [2.24, 2.45) is 17.8 Å². The zero-order valence-electron chi connectivity index (χ0n) is 13.0. The van der Waals surface area contributed by atoms with Crippen molar-refractivity contribution in [2.45, 2.75) is 44.1 Å². The first kappa shape index (κ1) is 15.0. The van der Waals surface area contributed by atoms with E-state index in [9.17, 15) is 9.59 Å². The first-order valence-electron chi connectivity index (χ1n) is 8.40. The van der Waals surface area contributed by atoms with E-state index in [4.69, 9.17) is 11.6 Å². The molecule has 0 heterocycles. The maximum absolute atomic E-state index is 12.4. The lowest BCUT2D eigenvalue weighted by molar-refractivity contribution is -0.139. The largest absolute Gasteiger partial charge is 0.342 e. The molecule has 4 nitrogen and oxygen atoms in total. The predicted octanol–water partition coefficient (Wildman–Crippen LogP) is 3.36. The van der Waals surface area contributed by atoms with Crippen LogP contribution in [0.15, 0.2) is 24.3 Å². The summed E-state index contributed by atoms with van der Waals surface area (Å²) in [4.78, 5) is 24.5. The van der Waals surface area contributed by atoms with Gasteiger partial charge in [-0.05, 0) is 74.5 Å². The van der Waals surface area contributed by atoms with Crippen molar-refractivity contribution in [1.29, 1.82) is 0 Å². The van der Waals surface area contributed by atoms with Crippen LogP contribution in [0.4, 0.5) is 5.69 Å². The van der Waals surface area contributed by atoms with E-state index in [-0.39, 0.29) is 5.54 Å². The zero-order valence-corrected chi connectivity index (χ0v) is 13.7. The van der Waals surface area contributed by atoms with Gasteiger partial charge in [0.15, 0.2) is 0 Å². The lowest BCUT2D eigenvalue weighted by Crippen LogP contribution is -2.61. The number of halogens is 1. The fraction of sp³-hybridized carbons (Fsp3) is 0.556. The molecule has 4 bridgehead atoms. The number of carbonyl (C=O) groups is 2. The van der Waals surface area contributed by atoms with Gasteiger partial charge in [-0.15, -0.1) is 0 Å². The summed E-state index contributed by atoms with van der Waals surface area (Å²) in [5.41, 5.74) is 0.403. The third-order valence-electron chi connectivity index (χ3n) is 5.71. The summed E-state index contributed by atoms with van der Waals surface area (Å²) >= 11 is 5.90. The Morgan fingerprint density at radius 1 is 1.00 bits per heavy atom. The van der Waals surface area contributed by atoms with E-state index in [0.29, 0.717) is 10.7 Å². The van der Waals surface area contributed by atoms with Crippen LogP contribution < -0.4 is 10.6 Å².